The lowest BCUT2D eigenvalue weighted by Gasteiger charge is -2.13. The summed E-state index contributed by atoms with van der Waals surface area (Å²) in [5.74, 6) is -0.350. The molecular formula is C15H16ClNO2. The van der Waals surface area contributed by atoms with Crippen LogP contribution < -0.4 is 5.73 Å². The Bertz CT molecular complexity index is 543. The Balaban J connectivity index is 0.00000180. The van der Waals surface area contributed by atoms with Gasteiger partial charge < -0.3 is 10.5 Å². The lowest BCUT2D eigenvalue weighted by Crippen LogP contribution is -2.12. The van der Waals surface area contributed by atoms with Gasteiger partial charge in [-0.2, -0.15) is 0 Å². The summed E-state index contributed by atoms with van der Waals surface area (Å²) < 4.78 is 4.70. The summed E-state index contributed by atoms with van der Waals surface area (Å²) in [6.45, 7) is 0. The molecule has 0 aromatic heterocycles. The van der Waals surface area contributed by atoms with E-state index in [9.17, 15) is 4.79 Å². The summed E-state index contributed by atoms with van der Waals surface area (Å²) in [4.78, 5) is 11.5. The molecule has 0 aliphatic carbocycles. The highest BCUT2D eigenvalue weighted by atomic mass is 35.5. The number of hydrogen-bond acceptors (Lipinski definition) is 3. The number of rotatable bonds is 3. The molecule has 0 saturated heterocycles. The van der Waals surface area contributed by atoms with Crippen molar-refractivity contribution in [1.29, 1.82) is 0 Å². The molecule has 0 amide bonds. The number of ether oxygens (including phenoxy) is 1. The van der Waals surface area contributed by atoms with Crippen molar-refractivity contribution in [2.24, 2.45) is 5.73 Å². The lowest BCUT2D eigenvalue weighted by molar-refractivity contribution is 0.0600. The quantitative estimate of drug-likeness (QED) is 0.878. The Hall–Kier alpha value is -1.84. The van der Waals surface area contributed by atoms with E-state index in [-0.39, 0.29) is 24.4 Å². The largest absolute Gasteiger partial charge is 0.465 e. The third-order valence-electron chi connectivity index (χ3n) is 2.83. The van der Waals surface area contributed by atoms with Crippen molar-refractivity contribution in [2.75, 3.05) is 7.11 Å². The van der Waals surface area contributed by atoms with Crippen LogP contribution in [0.5, 0.6) is 0 Å². The molecule has 0 bridgehead atoms. The van der Waals surface area contributed by atoms with Crippen molar-refractivity contribution >= 4 is 18.4 Å². The monoisotopic (exact) mass is 277 g/mol. The molecule has 0 aliphatic heterocycles. The van der Waals surface area contributed by atoms with Crippen molar-refractivity contribution < 1.29 is 9.53 Å². The van der Waals surface area contributed by atoms with E-state index in [2.05, 4.69) is 0 Å². The van der Waals surface area contributed by atoms with Gasteiger partial charge in [-0.15, -0.1) is 12.4 Å². The molecule has 2 aromatic rings. The average Bonchev–Trinajstić information content (AvgIpc) is 2.46. The van der Waals surface area contributed by atoms with E-state index in [0.29, 0.717) is 5.56 Å². The van der Waals surface area contributed by atoms with Crippen molar-refractivity contribution in [2.45, 2.75) is 6.04 Å². The third kappa shape index (κ3) is 3.56. The van der Waals surface area contributed by atoms with Crippen LogP contribution in [0.15, 0.2) is 54.6 Å². The lowest BCUT2D eigenvalue weighted by atomic mass is 9.98. The molecule has 3 nitrogen and oxygen atoms in total. The van der Waals surface area contributed by atoms with Gasteiger partial charge in [0.2, 0.25) is 0 Å². The van der Waals surface area contributed by atoms with Crippen LogP contribution in [0, 0.1) is 0 Å². The fraction of sp³-hybridized carbons (Fsp3) is 0.133. The van der Waals surface area contributed by atoms with Crippen LogP contribution in [-0.4, -0.2) is 13.1 Å². The van der Waals surface area contributed by atoms with Crippen molar-refractivity contribution in [3.63, 3.8) is 0 Å². The number of carbonyl (C=O) groups is 1. The van der Waals surface area contributed by atoms with Crippen LogP contribution in [0.1, 0.15) is 27.5 Å². The van der Waals surface area contributed by atoms with Crippen molar-refractivity contribution in [3.8, 4) is 0 Å². The van der Waals surface area contributed by atoms with Crippen LogP contribution in [0.3, 0.4) is 0 Å². The molecule has 4 heteroatoms. The highest BCUT2D eigenvalue weighted by Gasteiger charge is 2.11. The maximum absolute atomic E-state index is 11.5. The van der Waals surface area contributed by atoms with Crippen molar-refractivity contribution in [1.82, 2.24) is 0 Å². The molecule has 1 atom stereocenters. The molecule has 1 unspecified atom stereocenters. The van der Waals surface area contributed by atoms with Gasteiger partial charge in [-0.25, -0.2) is 4.79 Å². The smallest absolute Gasteiger partial charge is 0.337 e. The van der Waals surface area contributed by atoms with E-state index >= 15 is 0 Å². The standard InChI is InChI=1S/C15H15NO2.ClH/c1-18-15(17)13-9-5-8-12(10-13)14(16)11-6-3-2-4-7-11;/h2-10,14H,16H2,1H3;1H. The van der Waals surface area contributed by atoms with Crippen LogP contribution >= 0.6 is 12.4 Å². The first-order valence-corrected chi connectivity index (χ1v) is 5.71. The fourth-order valence-electron chi connectivity index (χ4n) is 1.83. The van der Waals surface area contributed by atoms with Crippen LogP contribution in [0.25, 0.3) is 0 Å². The van der Waals surface area contributed by atoms with Gasteiger partial charge in [0.05, 0.1) is 18.7 Å². The zero-order chi connectivity index (χ0) is 13.0. The number of halogens is 1. The van der Waals surface area contributed by atoms with Gasteiger partial charge in [0.1, 0.15) is 0 Å². The number of carbonyl (C=O) groups excluding carboxylic acids is 1. The number of esters is 1. The summed E-state index contributed by atoms with van der Waals surface area (Å²) >= 11 is 0. The van der Waals surface area contributed by atoms with E-state index in [4.69, 9.17) is 10.5 Å². The predicted molar refractivity (Wildman–Crippen MR) is 77.5 cm³/mol. The Morgan fingerprint density at radius 1 is 1.05 bits per heavy atom. The van der Waals surface area contributed by atoms with Gasteiger partial charge in [-0.05, 0) is 23.3 Å². The first-order chi connectivity index (χ1) is 8.72. The molecule has 19 heavy (non-hydrogen) atoms. The minimum absolute atomic E-state index is 0. The molecule has 0 spiro atoms. The second-order valence-electron chi connectivity index (χ2n) is 4.01. The third-order valence-corrected chi connectivity index (χ3v) is 2.83. The van der Waals surface area contributed by atoms with Gasteiger partial charge in [-0.1, -0.05) is 42.5 Å². The summed E-state index contributed by atoms with van der Waals surface area (Å²) in [6.07, 6.45) is 0. The molecule has 2 rings (SSSR count). The maximum atomic E-state index is 11.5. The summed E-state index contributed by atoms with van der Waals surface area (Å²) in [5.41, 5.74) is 8.60. The van der Waals surface area contributed by atoms with E-state index in [1.54, 1.807) is 12.1 Å². The van der Waals surface area contributed by atoms with E-state index < -0.39 is 0 Å². The molecular weight excluding hydrogens is 262 g/mol. The maximum Gasteiger partial charge on any atom is 0.337 e. The van der Waals surface area contributed by atoms with Crippen LogP contribution in [0.2, 0.25) is 0 Å². The average molecular weight is 278 g/mol. The van der Waals surface area contributed by atoms with E-state index in [0.717, 1.165) is 11.1 Å². The molecule has 0 aliphatic rings. The Kier molecular flexibility index (Phi) is 5.55. The normalized spacial score (nSPS) is 11.3. The van der Waals surface area contributed by atoms with Crippen LogP contribution in [0.4, 0.5) is 0 Å². The number of methoxy groups -OCH3 is 1. The molecule has 2 N–H and O–H groups in total. The summed E-state index contributed by atoms with van der Waals surface area (Å²) in [7, 11) is 1.37. The zero-order valence-electron chi connectivity index (χ0n) is 10.6. The fourth-order valence-corrected chi connectivity index (χ4v) is 1.83. The van der Waals surface area contributed by atoms with Gasteiger partial charge >= 0.3 is 5.97 Å². The second kappa shape index (κ2) is 6.92. The molecule has 100 valence electrons. The Morgan fingerprint density at radius 3 is 2.32 bits per heavy atom. The first-order valence-electron chi connectivity index (χ1n) is 5.71. The minimum Gasteiger partial charge on any atom is -0.465 e. The first kappa shape index (κ1) is 15.2. The van der Waals surface area contributed by atoms with Gasteiger partial charge in [0.15, 0.2) is 0 Å². The highest BCUT2D eigenvalue weighted by molar-refractivity contribution is 5.89. The molecule has 0 fully saturated rings. The van der Waals surface area contributed by atoms with E-state index in [1.807, 2.05) is 42.5 Å². The van der Waals surface area contributed by atoms with E-state index in [1.165, 1.54) is 7.11 Å². The van der Waals surface area contributed by atoms with Crippen molar-refractivity contribution in [3.05, 3.63) is 71.3 Å². The SMILES string of the molecule is COC(=O)c1cccc(C(N)c2ccccc2)c1.Cl. The molecule has 0 radical (unpaired) electrons. The molecule has 0 saturated carbocycles. The summed E-state index contributed by atoms with van der Waals surface area (Å²) in [6, 6.07) is 16.7. The van der Waals surface area contributed by atoms with Gasteiger partial charge in [0, 0.05) is 0 Å². The molecule has 2 aromatic carbocycles. The summed E-state index contributed by atoms with van der Waals surface area (Å²) in [5, 5.41) is 0. The number of nitrogens with two attached hydrogens (primary N) is 1. The highest BCUT2D eigenvalue weighted by Crippen LogP contribution is 2.20. The topological polar surface area (TPSA) is 52.3 Å². The minimum atomic E-state index is -0.350. The van der Waals surface area contributed by atoms with Crippen LogP contribution in [-0.2, 0) is 4.74 Å². The second-order valence-corrected chi connectivity index (χ2v) is 4.01. The predicted octanol–water partition coefficient (Wildman–Crippen LogP) is 2.94. The van der Waals surface area contributed by atoms with Gasteiger partial charge in [-0.3, -0.25) is 0 Å². The zero-order valence-corrected chi connectivity index (χ0v) is 11.4. The van der Waals surface area contributed by atoms with Gasteiger partial charge in [0.25, 0.3) is 0 Å². The molecule has 0 heterocycles. The Morgan fingerprint density at radius 2 is 1.68 bits per heavy atom. The Labute approximate surface area is 118 Å². The number of hydrogen-bond donors (Lipinski definition) is 1. The number of benzene rings is 2.